The van der Waals surface area contributed by atoms with Crippen molar-refractivity contribution < 1.29 is 9.90 Å². The quantitative estimate of drug-likeness (QED) is 0.637. The van der Waals surface area contributed by atoms with Gasteiger partial charge >= 0.3 is 0 Å². The number of ketones is 1. The Bertz CT molecular complexity index is 680. The smallest absolute Gasteiger partial charge is 0.160 e. The molecule has 2 N–H and O–H groups in total. The molecule has 0 amide bonds. The highest BCUT2D eigenvalue weighted by Gasteiger charge is 2.29. The molecular weight excluding hydrogens is 310 g/mol. The van der Waals surface area contributed by atoms with Crippen molar-refractivity contribution in [2.45, 2.75) is 77.9 Å². The summed E-state index contributed by atoms with van der Waals surface area (Å²) in [5.41, 5.74) is 5.25. The minimum absolute atomic E-state index is 0.0341. The summed E-state index contributed by atoms with van der Waals surface area (Å²) in [6.45, 7) is 6.43. The first-order valence-corrected chi connectivity index (χ1v) is 9.67. The maximum atomic E-state index is 12.9. The molecule has 1 fully saturated rings. The number of benzene rings is 1. The Balaban J connectivity index is 1.96. The second-order valence-corrected chi connectivity index (χ2v) is 8.43. The average molecular weight is 341 g/mol. The van der Waals surface area contributed by atoms with E-state index in [2.05, 4.69) is 31.3 Å². The number of aryl methyl sites for hydroxylation is 1. The fraction of sp³-hybridized carbons (Fsp3) is 0.591. The Morgan fingerprint density at radius 2 is 1.92 bits per heavy atom. The van der Waals surface area contributed by atoms with Gasteiger partial charge in [0.05, 0.1) is 6.61 Å². The highest BCUT2D eigenvalue weighted by Crippen LogP contribution is 2.33. The second-order valence-electron chi connectivity index (χ2n) is 8.43. The molecule has 3 heteroatoms. The number of rotatable bonds is 3. The minimum atomic E-state index is -0.0737. The van der Waals surface area contributed by atoms with Crippen LogP contribution in [0.3, 0.4) is 0 Å². The van der Waals surface area contributed by atoms with Gasteiger partial charge in [-0.15, -0.1) is 0 Å². The van der Waals surface area contributed by atoms with Crippen molar-refractivity contribution in [2.75, 3.05) is 0 Å². The van der Waals surface area contributed by atoms with Crippen LogP contribution in [0.5, 0.6) is 0 Å². The Labute approximate surface area is 151 Å². The predicted octanol–water partition coefficient (Wildman–Crippen LogP) is 4.29. The van der Waals surface area contributed by atoms with Gasteiger partial charge in [0.1, 0.15) is 0 Å². The lowest BCUT2D eigenvalue weighted by atomic mass is 9.83. The topological polar surface area (TPSA) is 49.3 Å². The molecule has 1 aliphatic carbocycles. The van der Waals surface area contributed by atoms with E-state index < -0.39 is 0 Å². The van der Waals surface area contributed by atoms with Gasteiger partial charge in [-0.3, -0.25) is 4.79 Å². The summed E-state index contributed by atoms with van der Waals surface area (Å²) >= 11 is 0. The molecule has 0 aromatic heterocycles. The summed E-state index contributed by atoms with van der Waals surface area (Å²) < 4.78 is 0. The molecule has 25 heavy (non-hydrogen) atoms. The minimum Gasteiger partial charge on any atom is -0.392 e. The van der Waals surface area contributed by atoms with E-state index in [1.807, 2.05) is 13.0 Å². The zero-order valence-corrected chi connectivity index (χ0v) is 15.8. The summed E-state index contributed by atoms with van der Waals surface area (Å²) in [4.78, 5) is 12.9. The first-order valence-electron chi connectivity index (χ1n) is 9.67. The van der Waals surface area contributed by atoms with E-state index in [1.165, 1.54) is 31.2 Å². The predicted molar refractivity (Wildman–Crippen MR) is 102 cm³/mol. The van der Waals surface area contributed by atoms with Crippen molar-refractivity contribution in [2.24, 2.45) is 5.92 Å². The highest BCUT2D eigenvalue weighted by molar-refractivity contribution is 5.98. The number of hydrogen-bond acceptors (Lipinski definition) is 3. The van der Waals surface area contributed by atoms with Gasteiger partial charge in [-0.2, -0.15) is 0 Å². The molecule has 136 valence electrons. The second kappa shape index (κ2) is 7.33. The van der Waals surface area contributed by atoms with Crippen LogP contribution in [0.4, 0.5) is 0 Å². The molecule has 0 atom stereocenters. The number of carbonyl (C=O) groups is 1. The van der Waals surface area contributed by atoms with Crippen LogP contribution in [0.15, 0.2) is 18.2 Å². The van der Waals surface area contributed by atoms with Crippen LogP contribution in [0.2, 0.25) is 0 Å². The van der Waals surface area contributed by atoms with E-state index in [9.17, 15) is 9.90 Å². The van der Waals surface area contributed by atoms with Gasteiger partial charge in [0.2, 0.25) is 0 Å². The van der Waals surface area contributed by atoms with Crippen LogP contribution in [0.25, 0.3) is 5.70 Å². The largest absolute Gasteiger partial charge is 0.392 e. The molecule has 3 rings (SSSR count). The van der Waals surface area contributed by atoms with E-state index in [0.717, 1.165) is 41.6 Å². The molecule has 2 aliphatic rings. The molecule has 1 aromatic carbocycles. The van der Waals surface area contributed by atoms with Crippen molar-refractivity contribution in [1.82, 2.24) is 5.32 Å². The van der Waals surface area contributed by atoms with Crippen LogP contribution in [0.1, 0.15) is 74.6 Å². The van der Waals surface area contributed by atoms with E-state index in [4.69, 9.17) is 0 Å². The van der Waals surface area contributed by atoms with Crippen molar-refractivity contribution in [3.05, 3.63) is 40.5 Å². The van der Waals surface area contributed by atoms with E-state index >= 15 is 0 Å². The average Bonchev–Trinajstić information content (AvgIpc) is 2.82. The van der Waals surface area contributed by atoms with Crippen LogP contribution in [-0.2, 0) is 17.8 Å². The molecule has 0 radical (unpaired) electrons. The first-order chi connectivity index (χ1) is 11.9. The van der Waals surface area contributed by atoms with Crippen LogP contribution in [0, 0.1) is 12.8 Å². The standard InChI is InChI=1S/C22H31NO2/c1-15-10-17-13-22(2,3)23-20(19(17)11-18(15)14-24)12-21(25)16-8-6-4-5-7-9-16/h10-12,16,23-24H,4-9,13-14H2,1-3H3. The van der Waals surface area contributed by atoms with Crippen LogP contribution < -0.4 is 5.32 Å². The molecular formula is C22H31NO2. The van der Waals surface area contributed by atoms with Crippen molar-refractivity contribution in [1.29, 1.82) is 0 Å². The molecule has 0 unspecified atom stereocenters. The molecule has 1 aliphatic heterocycles. The van der Waals surface area contributed by atoms with E-state index in [1.54, 1.807) is 0 Å². The zero-order valence-electron chi connectivity index (χ0n) is 15.8. The number of carbonyl (C=O) groups excluding carboxylic acids is 1. The van der Waals surface area contributed by atoms with E-state index in [0.29, 0.717) is 0 Å². The Hall–Kier alpha value is -1.61. The lowest BCUT2D eigenvalue weighted by Crippen LogP contribution is -2.44. The molecule has 1 aromatic rings. The Morgan fingerprint density at radius 3 is 2.56 bits per heavy atom. The van der Waals surface area contributed by atoms with Gasteiger partial charge < -0.3 is 10.4 Å². The maximum absolute atomic E-state index is 12.9. The lowest BCUT2D eigenvalue weighted by Gasteiger charge is -2.36. The summed E-state index contributed by atoms with van der Waals surface area (Å²) in [5.74, 6) is 0.437. The van der Waals surface area contributed by atoms with Gasteiger partial charge in [0, 0.05) is 28.8 Å². The molecule has 0 bridgehead atoms. The summed E-state index contributed by atoms with van der Waals surface area (Å²) in [5, 5.41) is 13.2. The van der Waals surface area contributed by atoms with Crippen molar-refractivity contribution >= 4 is 11.5 Å². The van der Waals surface area contributed by atoms with Gasteiger partial charge in [-0.05, 0) is 62.8 Å². The molecule has 0 spiro atoms. The highest BCUT2D eigenvalue weighted by atomic mass is 16.3. The number of aliphatic hydroxyl groups excluding tert-OH is 1. The number of hydrogen-bond donors (Lipinski definition) is 2. The Morgan fingerprint density at radius 1 is 1.24 bits per heavy atom. The van der Waals surface area contributed by atoms with Crippen molar-refractivity contribution in [3.63, 3.8) is 0 Å². The summed E-state index contributed by atoms with van der Waals surface area (Å²) in [7, 11) is 0. The third-order valence-corrected chi connectivity index (χ3v) is 5.67. The van der Waals surface area contributed by atoms with Gasteiger partial charge in [-0.1, -0.05) is 31.7 Å². The zero-order chi connectivity index (χ0) is 18.0. The van der Waals surface area contributed by atoms with Gasteiger partial charge in [0.25, 0.3) is 0 Å². The molecule has 1 saturated carbocycles. The summed E-state index contributed by atoms with van der Waals surface area (Å²) in [6.07, 6.45) is 9.66. The van der Waals surface area contributed by atoms with Crippen LogP contribution >= 0.6 is 0 Å². The first kappa shape index (κ1) is 18.2. The van der Waals surface area contributed by atoms with Gasteiger partial charge in [-0.25, -0.2) is 0 Å². The third-order valence-electron chi connectivity index (χ3n) is 5.67. The lowest BCUT2D eigenvalue weighted by molar-refractivity contribution is -0.118. The molecule has 3 nitrogen and oxygen atoms in total. The number of allylic oxidation sites excluding steroid dienone is 1. The van der Waals surface area contributed by atoms with Crippen molar-refractivity contribution in [3.8, 4) is 0 Å². The monoisotopic (exact) mass is 341 g/mol. The Kier molecular flexibility index (Phi) is 5.33. The van der Waals surface area contributed by atoms with Gasteiger partial charge in [0.15, 0.2) is 5.78 Å². The normalized spacial score (nSPS) is 22.2. The number of aliphatic hydroxyl groups is 1. The fourth-order valence-corrected chi connectivity index (χ4v) is 4.27. The third kappa shape index (κ3) is 4.14. The molecule has 1 heterocycles. The fourth-order valence-electron chi connectivity index (χ4n) is 4.27. The summed E-state index contributed by atoms with van der Waals surface area (Å²) in [6, 6.07) is 4.23. The SMILES string of the molecule is Cc1cc2c(cc1CO)C(=CC(=O)C1CCCCCC1)NC(C)(C)C2. The number of fused-ring (bicyclic) bond motifs is 1. The van der Waals surface area contributed by atoms with Crippen LogP contribution in [-0.4, -0.2) is 16.4 Å². The maximum Gasteiger partial charge on any atom is 0.160 e. The van der Waals surface area contributed by atoms with E-state index in [-0.39, 0.29) is 23.8 Å². The number of nitrogens with one attached hydrogen (secondary N) is 1. The molecule has 0 saturated heterocycles.